The molecule has 0 saturated heterocycles. The first-order valence-electron chi connectivity index (χ1n) is 3.60. The first kappa shape index (κ1) is 13.5. The average Bonchev–Trinajstić information content (AvgIpc) is 2.15. The second-order valence-corrected chi connectivity index (χ2v) is 6.15. The van der Waals surface area contributed by atoms with Crippen LogP contribution in [0.15, 0.2) is 11.1 Å². The zero-order chi connectivity index (χ0) is 12.5. The van der Waals surface area contributed by atoms with E-state index in [4.69, 9.17) is 15.9 Å². The average molecular weight is 379 g/mol. The summed E-state index contributed by atoms with van der Waals surface area (Å²) in [5.74, 6) is 0. The van der Waals surface area contributed by atoms with Crippen LogP contribution < -0.4 is 0 Å². The molecular weight excluding hydrogens is 377 g/mol. The number of hydrogen-bond acceptors (Lipinski definition) is 4. The van der Waals surface area contributed by atoms with Gasteiger partial charge < -0.3 is 0 Å². The Kier molecular flexibility index (Phi) is 4.03. The summed E-state index contributed by atoms with van der Waals surface area (Å²) < 4.78 is 46.8. The van der Waals surface area contributed by atoms with Crippen molar-refractivity contribution in [2.24, 2.45) is 0 Å². The lowest BCUT2D eigenvalue weighted by Crippen LogP contribution is -2.03. The summed E-state index contributed by atoms with van der Waals surface area (Å²) >= 11 is 1.50. The lowest BCUT2D eigenvalue weighted by Gasteiger charge is -2.06. The summed E-state index contributed by atoms with van der Waals surface area (Å²) in [6.45, 7) is 0. The smallest absolute Gasteiger partial charge is 0.223 e. The molecule has 4 nitrogen and oxygen atoms in total. The van der Waals surface area contributed by atoms with Crippen molar-refractivity contribution < 1.29 is 17.2 Å². The highest BCUT2D eigenvalue weighted by molar-refractivity contribution is 14.1. The van der Waals surface area contributed by atoms with Crippen LogP contribution in [0, 0.1) is 14.9 Å². The molecule has 1 aromatic heterocycles. The molecule has 0 radical (unpaired) electrons. The van der Waals surface area contributed by atoms with Crippen LogP contribution in [0.2, 0.25) is 0 Å². The van der Waals surface area contributed by atoms with Crippen LogP contribution in [-0.2, 0) is 9.05 Å². The van der Waals surface area contributed by atoms with Crippen molar-refractivity contribution in [1.82, 2.24) is 4.98 Å². The lowest BCUT2D eigenvalue weighted by atomic mass is 10.2. The summed E-state index contributed by atoms with van der Waals surface area (Å²) in [5.41, 5.74) is -0.969. The van der Waals surface area contributed by atoms with Gasteiger partial charge in [0.15, 0.2) is 10.7 Å². The van der Waals surface area contributed by atoms with Crippen molar-refractivity contribution in [3.8, 4) is 6.07 Å². The van der Waals surface area contributed by atoms with Gasteiger partial charge in [-0.25, -0.2) is 22.2 Å². The number of rotatable bonds is 2. The summed E-state index contributed by atoms with van der Waals surface area (Å²) in [6.07, 6.45) is -2.90. The van der Waals surface area contributed by atoms with E-state index in [9.17, 15) is 17.2 Å². The minimum atomic E-state index is -4.23. The van der Waals surface area contributed by atoms with Gasteiger partial charge in [-0.1, -0.05) is 0 Å². The van der Waals surface area contributed by atoms with E-state index in [1.165, 1.54) is 28.7 Å². The minimum absolute atomic E-state index is 0.0841. The fraction of sp³-hybridized carbons (Fsp3) is 0.143. The maximum Gasteiger partial charge on any atom is 0.278 e. The Balaban J connectivity index is 3.61. The van der Waals surface area contributed by atoms with E-state index in [2.05, 4.69) is 4.98 Å². The summed E-state index contributed by atoms with van der Waals surface area (Å²) in [5, 5.41) is 7.87. The second kappa shape index (κ2) is 4.77. The Morgan fingerprint density at radius 1 is 1.56 bits per heavy atom. The molecule has 0 aliphatic heterocycles. The fourth-order valence-electron chi connectivity index (χ4n) is 0.882. The number of nitrogens with zero attached hydrogens (tertiary/aromatic N) is 2. The van der Waals surface area contributed by atoms with Gasteiger partial charge in [0, 0.05) is 16.2 Å². The van der Waals surface area contributed by atoms with Crippen LogP contribution in [-0.4, -0.2) is 13.4 Å². The van der Waals surface area contributed by atoms with Crippen molar-refractivity contribution >= 4 is 42.3 Å². The lowest BCUT2D eigenvalue weighted by molar-refractivity contribution is 0.150. The molecule has 0 spiro atoms. The normalized spacial score (nSPS) is 11.5. The molecule has 1 heterocycles. The number of halogens is 4. The van der Waals surface area contributed by atoms with E-state index in [-0.39, 0.29) is 3.57 Å². The number of aromatic nitrogens is 1. The third-order valence-electron chi connectivity index (χ3n) is 1.55. The molecule has 1 rings (SSSR count). The van der Waals surface area contributed by atoms with Crippen molar-refractivity contribution in [2.45, 2.75) is 11.5 Å². The molecule has 0 N–H and O–H groups in total. The molecule has 1 aromatic rings. The van der Waals surface area contributed by atoms with Gasteiger partial charge in [-0.3, -0.25) is 0 Å². The molecule has 0 fully saturated rings. The molecular formula is C7H2ClF2IN2O2S. The molecule has 0 bridgehead atoms. The third kappa shape index (κ3) is 2.78. The molecule has 86 valence electrons. The van der Waals surface area contributed by atoms with E-state index in [0.717, 1.165) is 0 Å². The zero-order valence-electron chi connectivity index (χ0n) is 7.29. The molecule has 0 saturated carbocycles. The van der Waals surface area contributed by atoms with E-state index in [1.807, 2.05) is 0 Å². The minimum Gasteiger partial charge on any atom is -0.223 e. The van der Waals surface area contributed by atoms with Crippen molar-refractivity contribution in [3.63, 3.8) is 0 Å². The maximum atomic E-state index is 12.5. The molecule has 0 atom stereocenters. The van der Waals surface area contributed by atoms with Crippen LogP contribution >= 0.6 is 33.3 Å². The zero-order valence-corrected chi connectivity index (χ0v) is 11.0. The Bertz CT molecular complexity index is 570. The maximum absolute atomic E-state index is 12.5. The molecule has 0 aliphatic rings. The molecule has 0 amide bonds. The van der Waals surface area contributed by atoms with Crippen molar-refractivity contribution in [3.05, 3.63) is 20.9 Å². The van der Waals surface area contributed by atoms with Gasteiger partial charge >= 0.3 is 0 Å². The van der Waals surface area contributed by atoms with Gasteiger partial charge in [-0.05, 0) is 28.7 Å². The topological polar surface area (TPSA) is 70.8 Å². The van der Waals surface area contributed by atoms with Gasteiger partial charge in [0.1, 0.15) is 6.07 Å². The van der Waals surface area contributed by atoms with E-state index >= 15 is 0 Å². The van der Waals surface area contributed by atoms with Crippen molar-refractivity contribution in [1.29, 1.82) is 5.26 Å². The Morgan fingerprint density at radius 2 is 2.12 bits per heavy atom. The molecule has 0 aliphatic carbocycles. The first-order chi connectivity index (χ1) is 7.27. The van der Waals surface area contributed by atoms with Crippen molar-refractivity contribution in [2.75, 3.05) is 0 Å². The van der Waals surface area contributed by atoms with Crippen LogP contribution in [0.5, 0.6) is 0 Å². The Hall–Kier alpha value is -0.530. The number of alkyl halides is 2. The number of hydrogen-bond donors (Lipinski definition) is 0. The SMILES string of the molecule is N#Cc1nc(S(=O)(=O)Cl)cc(C(F)F)c1I. The highest BCUT2D eigenvalue weighted by Crippen LogP contribution is 2.28. The first-order valence-corrected chi connectivity index (χ1v) is 6.99. The quantitative estimate of drug-likeness (QED) is 0.585. The highest BCUT2D eigenvalue weighted by atomic mass is 127. The predicted octanol–water partition coefficient (Wildman–Crippen LogP) is 2.42. The van der Waals surface area contributed by atoms with Gasteiger partial charge in [0.05, 0.1) is 3.57 Å². The van der Waals surface area contributed by atoms with Gasteiger partial charge in [-0.15, -0.1) is 0 Å². The molecule has 0 aromatic carbocycles. The van der Waals surface area contributed by atoms with E-state index < -0.39 is 31.8 Å². The fourth-order valence-corrected chi connectivity index (χ4v) is 2.22. The van der Waals surface area contributed by atoms with E-state index in [0.29, 0.717) is 6.07 Å². The Labute approximate surface area is 108 Å². The van der Waals surface area contributed by atoms with Gasteiger partial charge in [-0.2, -0.15) is 5.26 Å². The van der Waals surface area contributed by atoms with Crippen LogP contribution in [0.25, 0.3) is 0 Å². The third-order valence-corrected chi connectivity index (χ3v) is 3.87. The standard InChI is InChI=1S/C7H2ClF2IN2O2S/c8-16(14,15)5-1-3(7(9)10)6(11)4(2-12)13-5/h1,7H. The molecule has 0 unspecified atom stereocenters. The highest BCUT2D eigenvalue weighted by Gasteiger charge is 2.22. The van der Waals surface area contributed by atoms with Crippen LogP contribution in [0.1, 0.15) is 17.7 Å². The van der Waals surface area contributed by atoms with Crippen LogP contribution in [0.4, 0.5) is 8.78 Å². The summed E-state index contributed by atoms with van der Waals surface area (Å²) in [4.78, 5) is 3.38. The second-order valence-electron chi connectivity index (χ2n) is 2.56. The van der Waals surface area contributed by atoms with Gasteiger partial charge in [0.25, 0.3) is 15.5 Å². The van der Waals surface area contributed by atoms with Crippen LogP contribution in [0.3, 0.4) is 0 Å². The number of nitriles is 1. The molecule has 16 heavy (non-hydrogen) atoms. The Morgan fingerprint density at radius 3 is 2.50 bits per heavy atom. The monoisotopic (exact) mass is 378 g/mol. The largest absolute Gasteiger partial charge is 0.278 e. The molecule has 9 heteroatoms. The van der Waals surface area contributed by atoms with Gasteiger partial charge in [0.2, 0.25) is 0 Å². The predicted molar refractivity (Wildman–Crippen MR) is 59.7 cm³/mol. The summed E-state index contributed by atoms with van der Waals surface area (Å²) in [6, 6.07) is 2.19. The number of pyridine rings is 1. The summed E-state index contributed by atoms with van der Waals surface area (Å²) in [7, 11) is 0.735. The van der Waals surface area contributed by atoms with E-state index in [1.54, 1.807) is 0 Å².